The third-order valence-electron chi connectivity index (χ3n) is 2.01. The van der Waals surface area contributed by atoms with Crippen LogP contribution in [0.4, 0.5) is 5.69 Å². The highest BCUT2D eigenvalue weighted by molar-refractivity contribution is 8.03. The molecule has 0 radical (unpaired) electrons. The summed E-state index contributed by atoms with van der Waals surface area (Å²) >= 11 is 1.59. The molecular weight excluding hydrogens is 218 g/mol. The van der Waals surface area contributed by atoms with E-state index in [2.05, 4.69) is 5.32 Å². The lowest BCUT2D eigenvalue weighted by Crippen LogP contribution is -1.87. The smallest absolute Gasteiger partial charge is 0.129 e. The van der Waals surface area contributed by atoms with Crippen molar-refractivity contribution in [2.75, 3.05) is 5.32 Å². The van der Waals surface area contributed by atoms with Gasteiger partial charge < -0.3 is 5.32 Å². The number of thioether (sulfide) groups is 1. The minimum atomic E-state index is 0.103. The van der Waals surface area contributed by atoms with E-state index in [4.69, 9.17) is 10.5 Å². The van der Waals surface area contributed by atoms with Gasteiger partial charge in [-0.25, -0.2) is 0 Å². The van der Waals surface area contributed by atoms with E-state index < -0.39 is 0 Å². The van der Waals surface area contributed by atoms with Crippen LogP contribution in [0, 0.1) is 22.7 Å². The Kier molecular flexibility index (Phi) is 2.95. The van der Waals surface area contributed by atoms with Crippen molar-refractivity contribution < 1.29 is 0 Å². The predicted molar refractivity (Wildman–Crippen MR) is 63.3 cm³/mol. The van der Waals surface area contributed by atoms with E-state index >= 15 is 0 Å². The van der Waals surface area contributed by atoms with Gasteiger partial charge in [-0.3, -0.25) is 0 Å². The average Bonchev–Trinajstić information content (AvgIpc) is 2.73. The molecule has 0 atom stereocenters. The van der Waals surface area contributed by atoms with E-state index in [1.165, 1.54) is 6.08 Å². The second-order valence-electron chi connectivity index (χ2n) is 3.06. The Morgan fingerprint density at radius 1 is 1.25 bits per heavy atom. The molecule has 1 aliphatic heterocycles. The van der Waals surface area contributed by atoms with Gasteiger partial charge in [0.2, 0.25) is 0 Å². The zero-order valence-electron chi connectivity index (χ0n) is 8.27. The van der Waals surface area contributed by atoms with Gasteiger partial charge in [0, 0.05) is 4.90 Å². The van der Waals surface area contributed by atoms with Gasteiger partial charge in [-0.05, 0) is 24.3 Å². The van der Waals surface area contributed by atoms with Gasteiger partial charge in [-0.1, -0.05) is 23.9 Å². The zero-order chi connectivity index (χ0) is 11.4. The summed E-state index contributed by atoms with van der Waals surface area (Å²) in [6, 6.07) is 11.6. The van der Waals surface area contributed by atoms with Gasteiger partial charge in [0.1, 0.15) is 17.7 Å². The van der Waals surface area contributed by atoms with Gasteiger partial charge >= 0.3 is 0 Å². The van der Waals surface area contributed by atoms with Crippen LogP contribution in [0.1, 0.15) is 0 Å². The maximum Gasteiger partial charge on any atom is 0.129 e. The molecule has 0 amide bonds. The van der Waals surface area contributed by atoms with Gasteiger partial charge in [0.05, 0.1) is 10.7 Å². The second kappa shape index (κ2) is 4.57. The number of allylic oxidation sites excluding steroid dienone is 3. The maximum atomic E-state index is 8.58. The Balaban J connectivity index is 2.19. The van der Waals surface area contributed by atoms with Crippen LogP contribution in [0.5, 0.6) is 0 Å². The van der Waals surface area contributed by atoms with Crippen molar-refractivity contribution in [1.82, 2.24) is 0 Å². The number of fused-ring (bicyclic) bond motifs is 1. The molecule has 3 nitrogen and oxygen atoms in total. The molecule has 16 heavy (non-hydrogen) atoms. The highest BCUT2D eigenvalue weighted by Crippen LogP contribution is 2.40. The number of rotatable bonds is 1. The first-order valence-corrected chi connectivity index (χ1v) is 5.41. The van der Waals surface area contributed by atoms with Crippen molar-refractivity contribution in [3.05, 3.63) is 47.0 Å². The lowest BCUT2D eigenvalue weighted by atomic mass is 10.3. The number of nitrogens with zero attached hydrogens (tertiary/aromatic N) is 2. The molecule has 0 aliphatic carbocycles. The number of hydrogen-bond donors (Lipinski definition) is 1. The third kappa shape index (κ3) is 2.08. The number of hydrogen-bond acceptors (Lipinski definition) is 4. The fraction of sp³-hybridized carbons (Fsp3) is 0. The molecule has 1 N–H and O–H groups in total. The fourth-order valence-electron chi connectivity index (χ4n) is 1.27. The minimum absolute atomic E-state index is 0.103. The lowest BCUT2D eigenvalue weighted by Gasteiger charge is -1.95. The van der Waals surface area contributed by atoms with Crippen molar-refractivity contribution in [1.29, 1.82) is 10.5 Å². The normalized spacial score (nSPS) is 14.5. The summed E-state index contributed by atoms with van der Waals surface area (Å²) in [7, 11) is 0. The summed E-state index contributed by atoms with van der Waals surface area (Å²) in [5.74, 6) is 0. The number of benzene rings is 1. The highest BCUT2D eigenvalue weighted by Gasteiger charge is 2.13. The third-order valence-corrected chi connectivity index (χ3v) is 3.04. The van der Waals surface area contributed by atoms with Crippen LogP contribution in [0.15, 0.2) is 51.9 Å². The van der Waals surface area contributed by atoms with Crippen molar-refractivity contribution in [2.45, 2.75) is 4.90 Å². The van der Waals surface area contributed by atoms with Gasteiger partial charge in [0.15, 0.2) is 0 Å². The molecule has 0 saturated carbocycles. The molecule has 0 fully saturated rings. The summed E-state index contributed by atoms with van der Waals surface area (Å²) in [6.45, 7) is 0. The Morgan fingerprint density at radius 3 is 2.69 bits per heavy atom. The average molecular weight is 225 g/mol. The summed E-state index contributed by atoms with van der Waals surface area (Å²) in [5, 5.41) is 21.3. The second-order valence-corrected chi connectivity index (χ2v) is 4.14. The summed E-state index contributed by atoms with van der Waals surface area (Å²) in [4.78, 5) is 1.15. The minimum Gasteiger partial charge on any atom is -0.349 e. The quantitative estimate of drug-likeness (QED) is 0.746. The van der Waals surface area contributed by atoms with Crippen molar-refractivity contribution in [2.24, 2.45) is 0 Å². The molecular formula is C12H7N3S. The first-order valence-electron chi connectivity index (χ1n) is 4.59. The van der Waals surface area contributed by atoms with E-state index in [1.54, 1.807) is 17.8 Å². The lowest BCUT2D eigenvalue weighted by molar-refractivity contribution is 1.45. The molecule has 0 aromatic heterocycles. The first kappa shape index (κ1) is 10.4. The first-order chi connectivity index (χ1) is 7.83. The number of nitrogens with one attached hydrogen (secondary N) is 1. The standard InChI is InChI=1S/C12H7N3S/c13-7-9(8-14)5-6-12-15-10-3-1-2-4-11(10)16-12/h1-6,15H/b12-6+. The number of nitriles is 2. The fourth-order valence-corrected chi connectivity index (χ4v) is 2.18. The largest absolute Gasteiger partial charge is 0.349 e. The molecule has 1 aromatic carbocycles. The van der Waals surface area contributed by atoms with Gasteiger partial charge in [0.25, 0.3) is 0 Å². The molecule has 1 aromatic rings. The Labute approximate surface area is 97.7 Å². The Hall–Kier alpha value is -2.17. The maximum absolute atomic E-state index is 8.58. The molecule has 2 rings (SSSR count). The van der Waals surface area contributed by atoms with Crippen LogP contribution in [0.25, 0.3) is 0 Å². The topological polar surface area (TPSA) is 59.6 Å². The van der Waals surface area contributed by atoms with Crippen LogP contribution >= 0.6 is 11.8 Å². The van der Waals surface area contributed by atoms with Gasteiger partial charge in [-0.2, -0.15) is 10.5 Å². The number of anilines is 1. The summed E-state index contributed by atoms with van der Waals surface area (Å²) in [6.07, 6.45) is 3.26. The predicted octanol–water partition coefficient (Wildman–Crippen LogP) is 3.02. The van der Waals surface area contributed by atoms with Crippen LogP contribution in [0.3, 0.4) is 0 Å². The van der Waals surface area contributed by atoms with E-state index in [9.17, 15) is 0 Å². The van der Waals surface area contributed by atoms with E-state index in [0.717, 1.165) is 15.6 Å². The molecule has 0 spiro atoms. The van der Waals surface area contributed by atoms with E-state index in [0.29, 0.717) is 0 Å². The van der Waals surface area contributed by atoms with Crippen molar-refractivity contribution in [3.8, 4) is 12.1 Å². The Morgan fingerprint density at radius 2 is 2.00 bits per heavy atom. The van der Waals surface area contributed by atoms with Crippen molar-refractivity contribution in [3.63, 3.8) is 0 Å². The molecule has 0 unspecified atom stereocenters. The molecule has 76 valence electrons. The summed E-state index contributed by atoms with van der Waals surface area (Å²) in [5.41, 5.74) is 1.16. The van der Waals surface area contributed by atoms with E-state index in [-0.39, 0.29) is 5.57 Å². The van der Waals surface area contributed by atoms with Gasteiger partial charge in [-0.15, -0.1) is 0 Å². The molecule has 0 saturated heterocycles. The SMILES string of the molecule is N#CC(C#N)=C/C=C1\Nc2ccccc2S1. The monoisotopic (exact) mass is 225 g/mol. The number of para-hydroxylation sites is 1. The van der Waals surface area contributed by atoms with E-state index in [1.807, 2.05) is 36.4 Å². The molecule has 0 bridgehead atoms. The summed E-state index contributed by atoms with van der Waals surface area (Å²) < 4.78 is 0. The Bertz CT molecular complexity index is 515. The highest BCUT2D eigenvalue weighted by atomic mass is 32.2. The van der Waals surface area contributed by atoms with Crippen molar-refractivity contribution >= 4 is 17.4 Å². The molecule has 1 heterocycles. The zero-order valence-corrected chi connectivity index (χ0v) is 9.08. The molecule has 1 aliphatic rings. The van der Waals surface area contributed by atoms with Crippen LogP contribution in [-0.2, 0) is 0 Å². The van der Waals surface area contributed by atoms with Crippen LogP contribution < -0.4 is 5.32 Å². The molecule has 4 heteroatoms. The van der Waals surface area contributed by atoms with Crippen LogP contribution in [-0.4, -0.2) is 0 Å². The van der Waals surface area contributed by atoms with Crippen LogP contribution in [0.2, 0.25) is 0 Å².